The van der Waals surface area contributed by atoms with Crippen LogP contribution in [0, 0.1) is 5.82 Å². The van der Waals surface area contributed by atoms with E-state index in [0.29, 0.717) is 35.2 Å². The zero-order valence-corrected chi connectivity index (χ0v) is 28.0. The Bertz CT molecular complexity index is 1420. The van der Waals surface area contributed by atoms with Gasteiger partial charge in [-0.15, -0.1) is 5.10 Å². The Morgan fingerprint density at radius 2 is 1.91 bits per heavy atom. The number of aliphatic hydroxyl groups excluding tert-OH is 1. The summed E-state index contributed by atoms with van der Waals surface area (Å²) in [6.45, 7) is 8.87. The summed E-state index contributed by atoms with van der Waals surface area (Å²) in [5, 5.41) is 28.2. The summed E-state index contributed by atoms with van der Waals surface area (Å²) < 4.78 is 19.9. The summed E-state index contributed by atoms with van der Waals surface area (Å²) in [5.41, 5.74) is 4.30. The van der Waals surface area contributed by atoms with Crippen molar-refractivity contribution in [2.75, 3.05) is 64.1 Å². The van der Waals surface area contributed by atoms with Crippen molar-refractivity contribution >= 4 is 40.7 Å². The van der Waals surface area contributed by atoms with E-state index in [1.54, 1.807) is 12.1 Å². The van der Waals surface area contributed by atoms with Crippen molar-refractivity contribution in [1.82, 2.24) is 25.4 Å². The predicted octanol–water partition coefficient (Wildman–Crippen LogP) is 4.11. The number of cyclic esters (lactones) is 1. The first-order chi connectivity index (χ1) is 22.3. The Morgan fingerprint density at radius 1 is 1.15 bits per heavy atom. The van der Waals surface area contributed by atoms with E-state index >= 15 is 0 Å². The number of pyridine rings is 1. The van der Waals surface area contributed by atoms with E-state index in [1.165, 1.54) is 37.5 Å². The highest BCUT2D eigenvalue weighted by Gasteiger charge is 2.49. The van der Waals surface area contributed by atoms with E-state index in [4.69, 9.17) is 16.3 Å². The van der Waals surface area contributed by atoms with Gasteiger partial charge < -0.3 is 36.4 Å². The molecule has 1 aromatic carbocycles. The average molecular weight is 661 g/mol. The molecular formula is C32H46ClFN8O4. The van der Waals surface area contributed by atoms with Crippen molar-refractivity contribution in [3.8, 4) is 11.3 Å². The van der Waals surface area contributed by atoms with E-state index in [1.807, 2.05) is 20.9 Å². The maximum absolute atomic E-state index is 14.7. The van der Waals surface area contributed by atoms with E-state index < -0.39 is 23.8 Å². The van der Waals surface area contributed by atoms with Gasteiger partial charge >= 0.3 is 5.97 Å². The lowest BCUT2D eigenvalue weighted by atomic mass is 9.82. The number of benzene rings is 1. The maximum atomic E-state index is 14.7. The Labute approximate surface area is 275 Å². The lowest BCUT2D eigenvalue weighted by Gasteiger charge is -2.24. The highest BCUT2D eigenvalue weighted by atomic mass is 35.5. The first-order valence-corrected chi connectivity index (χ1v) is 15.8. The monoisotopic (exact) mass is 660 g/mol. The number of anilines is 3. The fraction of sp³-hybridized carbons (Fsp3) is 0.469. The first kappa shape index (κ1) is 38.4. The molecule has 4 rings (SSSR count). The zero-order chi connectivity index (χ0) is 34.1. The number of nitrogens with one attached hydrogen (secondary N) is 3. The fourth-order valence-electron chi connectivity index (χ4n) is 4.78. The molecule has 46 heavy (non-hydrogen) atoms. The number of halogens is 2. The Balaban J connectivity index is 0.00000177. The zero-order valence-electron chi connectivity index (χ0n) is 27.2. The van der Waals surface area contributed by atoms with Gasteiger partial charge in [-0.3, -0.25) is 9.59 Å². The van der Waals surface area contributed by atoms with E-state index in [2.05, 4.69) is 48.7 Å². The lowest BCUT2D eigenvalue weighted by Crippen LogP contribution is -2.37. The van der Waals surface area contributed by atoms with Crippen LogP contribution in [0.25, 0.3) is 11.3 Å². The molecule has 3 aromatic rings. The van der Waals surface area contributed by atoms with E-state index in [0.717, 1.165) is 26.1 Å². The fourth-order valence-corrected chi connectivity index (χ4v) is 4.95. The van der Waals surface area contributed by atoms with Crippen LogP contribution in [0.5, 0.6) is 0 Å². The van der Waals surface area contributed by atoms with Crippen LogP contribution in [0.15, 0.2) is 42.6 Å². The summed E-state index contributed by atoms with van der Waals surface area (Å²) >= 11 is 6.10. The highest BCUT2D eigenvalue weighted by Crippen LogP contribution is 2.39. The molecule has 252 valence electrons. The number of likely N-dealkylation sites (N-methyl/N-ethyl adjacent to an activating group) is 1. The minimum Gasteiger partial charge on any atom is -0.465 e. The number of nitrogens with zero attached hydrogens (tertiary/aromatic N) is 4. The number of hydrogen-bond donors (Lipinski definition) is 5. The maximum Gasteiger partial charge on any atom is 0.320 e. The van der Waals surface area contributed by atoms with Crippen LogP contribution in [-0.2, 0) is 19.7 Å². The second-order valence-electron chi connectivity index (χ2n) is 10.0. The molecule has 1 unspecified atom stereocenters. The number of rotatable bonds is 14. The molecule has 0 radical (unpaired) electrons. The summed E-state index contributed by atoms with van der Waals surface area (Å²) in [6.07, 6.45) is 3.01. The molecule has 1 amide bonds. The minimum absolute atomic E-state index is 0.112. The van der Waals surface area contributed by atoms with Crippen molar-refractivity contribution < 1.29 is 23.8 Å². The summed E-state index contributed by atoms with van der Waals surface area (Å²) in [4.78, 5) is 32.0. The standard InChI is InChI=1S/C29H35ClFN7O4.C2H6.CH5N/c1-3-11-38(13-10-32-2)12-7-26(40)35-25-16-20(6-9-33-25)34-24-17-23(21-15-19(30)4-5-22(21)31)36-37-27(24)29(18-39)8-14-42-28(29)41;2*1-2/h4-6,9,15-17,32,39H,3,7-8,10-14,18H2,1-2H3,(H2,33,34,35,36,40);1-2H3;2H2,1H3. The van der Waals surface area contributed by atoms with Crippen molar-refractivity contribution in [2.45, 2.75) is 45.4 Å². The van der Waals surface area contributed by atoms with Crippen LogP contribution < -0.4 is 21.7 Å². The molecule has 1 saturated heterocycles. The van der Waals surface area contributed by atoms with Crippen LogP contribution in [0.4, 0.5) is 21.6 Å². The largest absolute Gasteiger partial charge is 0.465 e. The molecule has 1 aliphatic heterocycles. The van der Waals surface area contributed by atoms with Crippen LogP contribution in [-0.4, -0.2) is 90.6 Å². The second-order valence-corrected chi connectivity index (χ2v) is 10.5. The Morgan fingerprint density at radius 3 is 2.57 bits per heavy atom. The number of amides is 1. The van der Waals surface area contributed by atoms with Gasteiger partial charge in [0.15, 0.2) is 0 Å². The van der Waals surface area contributed by atoms with Gasteiger partial charge in [-0.25, -0.2) is 9.37 Å². The third kappa shape index (κ3) is 10.1. The molecule has 0 spiro atoms. The molecular weight excluding hydrogens is 615 g/mol. The van der Waals surface area contributed by atoms with Gasteiger partial charge in [-0.05, 0) is 57.4 Å². The van der Waals surface area contributed by atoms with Gasteiger partial charge in [-0.1, -0.05) is 32.4 Å². The molecule has 6 N–H and O–H groups in total. The quantitative estimate of drug-likeness (QED) is 0.158. The van der Waals surface area contributed by atoms with Gasteiger partial charge in [0.1, 0.15) is 22.7 Å². The molecule has 2 aromatic heterocycles. The van der Waals surface area contributed by atoms with Gasteiger partial charge in [0.25, 0.3) is 0 Å². The molecule has 12 nitrogen and oxygen atoms in total. The third-order valence-corrected chi connectivity index (χ3v) is 7.29. The highest BCUT2D eigenvalue weighted by molar-refractivity contribution is 6.30. The third-order valence-electron chi connectivity index (χ3n) is 7.05. The van der Waals surface area contributed by atoms with Crippen LogP contribution >= 0.6 is 11.6 Å². The normalized spacial score (nSPS) is 15.3. The number of carbonyl (C=O) groups excluding carboxylic acids is 2. The number of esters is 1. The number of hydrogen-bond acceptors (Lipinski definition) is 11. The summed E-state index contributed by atoms with van der Waals surface area (Å²) in [6, 6.07) is 8.91. The molecule has 3 heterocycles. The van der Waals surface area contributed by atoms with Gasteiger partial charge in [0, 0.05) is 61.0 Å². The molecule has 1 atom stereocenters. The number of nitrogens with two attached hydrogens (primary N) is 1. The van der Waals surface area contributed by atoms with Crippen molar-refractivity contribution in [3.05, 3.63) is 59.1 Å². The molecule has 0 saturated carbocycles. The smallest absolute Gasteiger partial charge is 0.320 e. The number of ether oxygens (including phenoxy) is 1. The minimum atomic E-state index is -1.44. The first-order valence-electron chi connectivity index (χ1n) is 15.4. The number of carbonyl (C=O) groups is 2. The van der Waals surface area contributed by atoms with Crippen molar-refractivity contribution in [1.29, 1.82) is 0 Å². The van der Waals surface area contributed by atoms with Crippen molar-refractivity contribution in [2.24, 2.45) is 5.73 Å². The SMILES string of the molecule is CC.CCCN(CCNC)CCC(=O)Nc1cc(Nc2cc(-c3cc(Cl)ccc3F)nnc2C2(CO)CCOC2=O)ccn1.CN. The van der Waals surface area contributed by atoms with Crippen LogP contribution in [0.3, 0.4) is 0 Å². The van der Waals surface area contributed by atoms with Crippen LogP contribution in [0.2, 0.25) is 5.02 Å². The van der Waals surface area contributed by atoms with Crippen molar-refractivity contribution in [3.63, 3.8) is 0 Å². The predicted molar refractivity (Wildman–Crippen MR) is 180 cm³/mol. The summed E-state index contributed by atoms with van der Waals surface area (Å²) in [7, 11) is 3.40. The molecule has 0 aliphatic carbocycles. The number of aromatic nitrogens is 3. The molecule has 14 heteroatoms. The molecule has 1 aliphatic rings. The van der Waals surface area contributed by atoms with Gasteiger partial charge in [0.2, 0.25) is 5.91 Å². The van der Waals surface area contributed by atoms with Gasteiger partial charge in [0.05, 0.1) is 24.6 Å². The van der Waals surface area contributed by atoms with Crippen LogP contribution in [0.1, 0.15) is 45.7 Å². The Hall–Kier alpha value is -3.75. The molecule has 0 bridgehead atoms. The molecule has 1 fully saturated rings. The number of aliphatic hydroxyl groups is 1. The second kappa shape index (κ2) is 19.7. The van der Waals surface area contributed by atoms with Gasteiger partial charge in [-0.2, -0.15) is 5.10 Å². The topological polar surface area (TPSA) is 168 Å². The lowest BCUT2D eigenvalue weighted by molar-refractivity contribution is -0.144. The summed E-state index contributed by atoms with van der Waals surface area (Å²) in [5.74, 6) is -1.03. The Kier molecular flexibility index (Phi) is 16.5. The average Bonchev–Trinajstić information content (AvgIpc) is 3.46. The van der Waals surface area contributed by atoms with E-state index in [9.17, 15) is 19.1 Å². The van der Waals surface area contributed by atoms with E-state index in [-0.39, 0.29) is 35.9 Å².